The summed E-state index contributed by atoms with van der Waals surface area (Å²) in [5, 5.41) is 0. The first-order valence-electron chi connectivity index (χ1n) is 10.5. The van der Waals surface area contributed by atoms with E-state index in [9.17, 15) is 0 Å². The summed E-state index contributed by atoms with van der Waals surface area (Å²) >= 11 is 0. The van der Waals surface area contributed by atoms with Gasteiger partial charge in [-0.1, -0.05) is 34.1 Å². The van der Waals surface area contributed by atoms with Gasteiger partial charge in [0.25, 0.3) is 0 Å². The SMILES string of the molecule is CCC/C=C(\O[Si](CC)(CC)CC)C12CC3CC(CC(C3)C1)C2. The van der Waals surface area contributed by atoms with E-state index in [1.165, 1.54) is 75.3 Å². The number of hydrogen-bond donors (Lipinski definition) is 0. The molecule has 23 heavy (non-hydrogen) atoms. The van der Waals surface area contributed by atoms with Crippen LogP contribution < -0.4 is 0 Å². The Labute approximate surface area is 145 Å². The first-order chi connectivity index (χ1) is 11.1. The molecule has 4 aliphatic rings. The Kier molecular flexibility index (Phi) is 5.30. The Morgan fingerprint density at radius 3 is 1.78 bits per heavy atom. The van der Waals surface area contributed by atoms with Gasteiger partial charge in [-0.15, -0.1) is 0 Å². The zero-order chi connectivity index (χ0) is 16.5. The fraction of sp³-hybridized carbons (Fsp3) is 0.905. The summed E-state index contributed by atoms with van der Waals surface area (Å²) in [6.07, 6.45) is 13.9. The average Bonchev–Trinajstić information content (AvgIpc) is 2.54. The molecule has 0 aromatic carbocycles. The smallest absolute Gasteiger partial charge is 0.250 e. The minimum atomic E-state index is -1.55. The van der Waals surface area contributed by atoms with E-state index in [2.05, 4.69) is 33.8 Å². The van der Waals surface area contributed by atoms with E-state index in [0.29, 0.717) is 5.41 Å². The lowest BCUT2D eigenvalue weighted by atomic mass is 9.49. The molecule has 2 heteroatoms. The summed E-state index contributed by atoms with van der Waals surface area (Å²) in [6, 6.07) is 3.82. The molecule has 0 unspecified atom stereocenters. The third-order valence-corrected chi connectivity index (χ3v) is 12.0. The van der Waals surface area contributed by atoms with Crippen molar-refractivity contribution in [3.63, 3.8) is 0 Å². The molecule has 0 radical (unpaired) electrons. The molecule has 0 spiro atoms. The molecule has 132 valence electrons. The number of unbranched alkanes of at least 4 members (excludes halogenated alkanes) is 1. The first-order valence-corrected chi connectivity index (χ1v) is 13.0. The molecule has 4 saturated carbocycles. The molecule has 0 N–H and O–H groups in total. The number of hydrogen-bond acceptors (Lipinski definition) is 1. The van der Waals surface area contributed by atoms with E-state index >= 15 is 0 Å². The van der Waals surface area contributed by atoms with Crippen molar-refractivity contribution >= 4 is 8.32 Å². The van der Waals surface area contributed by atoms with Crippen LogP contribution >= 0.6 is 0 Å². The molecule has 4 rings (SSSR count). The van der Waals surface area contributed by atoms with Gasteiger partial charge in [-0.25, -0.2) is 0 Å². The van der Waals surface area contributed by atoms with Gasteiger partial charge in [-0.3, -0.25) is 0 Å². The Balaban J connectivity index is 1.87. The molecule has 0 saturated heterocycles. The lowest BCUT2D eigenvalue weighted by Gasteiger charge is -2.58. The Morgan fingerprint density at radius 2 is 1.39 bits per heavy atom. The van der Waals surface area contributed by atoms with Crippen LogP contribution in [0.1, 0.15) is 79.1 Å². The van der Waals surface area contributed by atoms with Crippen LogP contribution in [0.3, 0.4) is 0 Å². The molecule has 1 nitrogen and oxygen atoms in total. The van der Waals surface area contributed by atoms with E-state index in [0.717, 1.165) is 17.8 Å². The maximum atomic E-state index is 7.07. The van der Waals surface area contributed by atoms with Crippen molar-refractivity contribution in [2.45, 2.75) is 97.2 Å². The number of rotatable bonds is 8. The maximum absolute atomic E-state index is 7.07. The summed E-state index contributed by atoms with van der Waals surface area (Å²) in [5.74, 6) is 4.51. The molecule has 4 bridgehead atoms. The molecule has 0 aliphatic heterocycles. The molecule has 0 amide bonds. The summed E-state index contributed by atoms with van der Waals surface area (Å²) in [7, 11) is -1.55. The van der Waals surface area contributed by atoms with Gasteiger partial charge in [0.1, 0.15) is 0 Å². The highest BCUT2D eigenvalue weighted by molar-refractivity contribution is 6.73. The summed E-state index contributed by atoms with van der Waals surface area (Å²) in [4.78, 5) is 0. The highest BCUT2D eigenvalue weighted by Crippen LogP contribution is 2.63. The van der Waals surface area contributed by atoms with Crippen LogP contribution in [0.25, 0.3) is 0 Å². The molecular weight excluding hydrogens is 296 g/mol. The van der Waals surface area contributed by atoms with Gasteiger partial charge in [-0.2, -0.15) is 0 Å². The second-order valence-corrected chi connectivity index (χ2v) is 13.6. The molecule has 0 atom stereocenters. The van der Waals surface area contributed by atoms with E-state index in [1.54, 1.807) is 0 Å². The van der Waals surface area contributed by atoms with Crippen molar-refractivity contribution in [2.75, 3.05) is 0 Å². The lowest BCUT2D eigenvalue weighted by molar-refractivity contribution is -0.0490. The standard InChI is InChI=1S/C21H38OSi/c1-5-9-10-20(22-23(6-2,7-3)8-4)21-14-17-11-18(15-21)13-19(12-17)16-21/h10,17-19H,5-9,11-16H2,1-4H3/b20-10-. The third kappa shape index (κ3) is 3.30. The van der Waals surface area contributed by atoms with E-state index in [-0.39, 0.29) is 0 Å². The van der Waals surface area contributed by atoms with Crippen LogP contribution in [0.4, 0.5) is 0 Å². The van der Waals surface area contributed by atoms with Crippen LogP contribution in [0.5, 0.6) is 0 Å². The van der Waals surface area contributed by atoms with Gasteiger partial charge in [0, 0.05) is 5.41 Å². The fourth-order valence-corrected chi connectivity index (χ4v) is 8.95. The van der Waals surface area contributed by atoms with E-state index < -0.39 is 8.32 Å². The number of allylic oxidation sites excluding steroid dienone is 2. The quantitative estimate of drug-likeness (QED) is 0.346. The summed E-state index contributed by atoms with van der Waals surface area (Å²) < 4.78 is 7.07. The predicted molar refractivity (Wildman–Crippen MR) is 102 cm³/mol. The summed E-state index contributed by atoms with van der Waals surface area (Å²) in [5.41, 5.74) is 0.446. The topological polar surface area (TPSA) is 9.23 Å². The molecule has 0 aromatic rings. The monoisotopic (exact) mass is 334 g/mol. The van der Waals surface area contributed by atoms with Gasteiger partial charge >= 0.3 is 0 Å². The summed E-state index contributed by atoms with van der Waals surface area (Å²) in [6.45, 7) is 9.42. The Bertz CT molecular complexity index is 392. The van der Waals surface area contributed by atoms with Crippen LogP contribution in [-0.4, -0.2) is 8.32 Å². The van der Waals surface area contributed by atoms with Crippen molar-refractivity contribution in [1.82, 2.24) is 0 Å². The van der Waals surface area contributed by atoms with Crippen LogP contribution in [-0.2, 0) is 4.43 Å². The van der Waals surface area contributed by atoms with Gasteiger partial charge in [0.05, 0.1) is 5.76 Å². The second kappa shape index (κ2) is 6.94. The van der Waals surface area contributed by atoms with Crippen molar-refractivity contribution in [1.29, 1.82) is 0 Å². The largest absolute Gasteiger partial charge is 0.546 e. The first kappa shape index (κ1) is 17.6. The van der Waals surface area contributed by atoms with Gasteiger partial charge in [-0.05, 0) is 86.9 Å². The third-order valence-electron chi connectivity index (χ3n) is 7.44. The Morgan fingerprint density at radius 1 is 0.913 bits per heavy atom. The Hall–Kier alpha value is -0.243. The highest BCUT2D eigenvalue weighted by atomic mass is 28.4. The zero-order valence-corrected chi connectivity index (χ0v) is 17.0. The van der Waals surface area contributed by atoms with Gasteiger partial charge < -0.3 is 4.43 Å². The lowest BCUT2D eigenvalue weighted by Crippen LogP contribution is -2.49. The molecular formula is C21H38OSi. The second-order valence-electron chi connectivity index (χ2n) is 8.90. The van der Waals surface area contributed by atoms with Crippen LogP contribution in [0, 0.1) is 23.2 Å². The fourth-order valence-electron chi connectivity index (χ4n) is 6.25. The molecule has 0 heterocycles. The van der Waals surface area contributed by atoms with E-state index in [4.69, 9.17) is 4.43 Å². The van der Waals surface area contributed by atoms with Crippen molar-refractivity contribution in [2.24, 2.45) is 23.2 Å². The zero-order valence-electron chi connectivity index (χ0n) is 16.0. The van der Waals surface area contributed by atoms with Crippen molar-refractivity contribution in [3.8, 4) is 0 Å². The molecule has 4 fully saturated rings. The predicted octanol–water partition coefficient (Wildman–Crippen LogP) is 6.91. The maximum Gasteiger partial charge on any atom is 0.250 e. The minimum Gasteiger partial charge on any atom is -0.546 e. The van der Waals surface area contributed by atoms with Crippen molar-refractivity contribution in [3.05, 3.63) is 11.8 Å². The minimum absolute atomic E-state index is 0.446. The molecule has 4 aliphatic carbocycles. The van der Waals surface area contributed by atoms with Crippen LogP contribution in [0.15, 0.2) is 11.8 Å². The van der Waals surface area contributed by atoms with E-state index in [1.807, 2.05) is 0 Å². The van der Waals surface area contributed by atoms with Crippen LogP contribution in [0.2, 0.25) is 18.1 Å². The van der Waals surface area contributed by atoms with Gasteiger partial charge in [0.15, 0.2) is 0 Å². The normalized spacial score (nSPS) is 36.5. The average molecular weight is 335 g/mol. The van der Waals surface area contributed by atoms with Crippen molar-refractivity contribution < 1.29 is 4.43 Å². The van der Waals surface area contributed by atoms with Gasteiger partial charge in [0.2, 0.25) is 8.32 Å². The highest BCUT2D eigenvalue weighted by Gasteiger charge is 2.54. The molecule has 0 aromatic heterocycles.